The van der Waals surface area contributed by atoms with E-state index in [4.69, 9.17) is 0 Å². The molecule has 1 aromatic heterocycles. The summed E-state index contributed by atoms with van der Waals surface area (Å²) in [5, 5.41) is 2.96. The largest absolute Gasteiger partial charge is 0.350 e. The fourth-order valence-corrected chi connectivity index (χ4v) is 6.82. The number of hydrogen-bond acceptors (Lipinski definition) is 5. The van der Waals surface area contributed by atoms with Gasteiger partial charge in [0.2, 0.25) is 21.8 Å². The molecule has 8 nitrogen and oxygen atoms in total. The molecule has 1 aliphatic heterocycles. The first kappa shape index (κ1) is 31.0. The number of aryl methyl sites for hydroxylation is 1. The van der Waals surface area contributed by atoms with Crippen LogP contribution < -0.4 is 5.32 Å². The number of benzene rings is 3. The molecule has 1 atom stereocenters. The zero-order chi connectivity index (χ0) is 30.9. The molecule has 228 valence electrons. The summed E-state index contributed by atoms with van der Waals surface area (Å²) < 4.78 is 41.0. The number of pyridine rings is 1. The van der Waals surface area contributed by atoms with Crippen LogP contribution in [0.2, 0.25) is 0 Å². The minimum absolute atomic E-state index is 0.0837. The van der Waals surface area contributed by atoms with Gasteiger partial charge in [0, 0.05) is 45.0 Å². The van der Waals surface area contributed by atoms with Gasteiger partial charge in [-0.05, 0) is 77.9 Å². The van der Waals surface area contributed by atoms with Crippen LogP contribution >= 0.6 is 0 Å². The third-order valence-electron chi connectivity index (χ3n) is 7.73. The predicted octanol–water partition coefficient (Wildman–Crippen LogP) is 5.02. The molecule has 10 heteroatoms. The molecule has 2 heterocycles. The summed E-state index contributed by atoms with van der Waals surface area (Å²) in [6, 6.07) is 24.3. The van der Waals surface area contributed by atoms with Gasteiger partial charge < -0.3 is 10.2 Å². The molecule has 0 aliphatic carbocycles. The molecule has 3 aromatic carbocycles. The topological polar surface area (TPSA) is 99.7 Å². The Morgan fingerprint density at radius 2 is 1.48 bits per heavy atom. The maximum Gasteiger partial charge on any atom is 0.247 e. The average molecular weight is 615 g/mol. The maximum atomic E-state index is 13.9. The lowest BCUT2D eigenvalue weighted by Gasteiger charge is -2.32. The second-order valence-corrected chi connectivity index (χ2v) is 12.7. The fraction of sp³-hybridized carbons (Fsp3) is 0.265. The van der Waals surface area contributed by atoms with Crippen molar-refractivity contribution in [2.45, 2.75) is 49.7 Å². The second kappa shape index (κ2) is 14.4. The molecule has 1 saturated heterocycles. The molecule has 0 saturated carbocycles. The van der Waals surface area contributed by atoms with E-state index >= 15 is 0 Å². The van der Waals surface area contributed by atoms with E-state index < -0.39 is 21.9 Å². The first-order valence-corrected chi connectivity index (χ1v) is 16.1. The number of sulfonamides is 1. The van der Waals surface area contributed by atoms with E-state index in [0.717, 1.165) is 24.0 Å². The van der Waals surface area contributed by atoms with Gasteiger partial charge in [0.25, 0.3) is 0 Å². The highest BCUT2D eigenvalue weighted by molar-refractivity contribution is 7.89. The van der Waals surface area contributed by atoms with Gasteiger partial charge in [-0.3, -0.25) is 14.6 Å². The van der Waals surface area contributed by atoms with E-state index in [-0.39, 0.29) is 36.2 Å². The molecule has 2 amide bonds. The Labute approximate surface area is 257 Å². The number of halogens is 1. The van der Waals surface area contributed by atoms with Crippen LogP contribution in [-0.2, 0) is 39.1 Å². The number of nitrogens with zero attached hydrogens (tertiary/aromatic N) is 3. The number of hydrogen-bond donors (Lipinski definition) is 1. The summed E-state index contributed by atoms with van der Waals surface area (Å²) >= 11 is 0. The highest BCUT2D eigenvalue weighted by Gasteiger charge is 2.31. The number of rotatable bonds is 12. The third-order valence-corrected chi connectivity index (χ3v) is 9.64. The van der Waals surface area contributed by atoms with E-state index in [1.165, 1.54) is 21.3 Å². The Kier molecular flexibility index (Phi) is 10.1. The number of nitrogens with one attached hydrogen (secondary N) is 1. The first-order chi connectivity index (χ1) is 21.3. The summed E-state index contributed by atoms with van der Waals surface area (Å²) in [6.45, 7) is 1.41. The summed E-state index contributed by atoms with van der Waals surface area (Å²) in [5.41, 5.74) is 3.00. The van der Waals surface area contributed by atoms with E-state index in [9.17, 15) is 22.4 Å². The van der Waals surface area contributed by atoms with Crippen molar-refractivity contribution in [3.8, 4) is 0 Å². The highest BCUT2D eigenvalue weighted by Crippen LogP contribution is 2.26. The lowest BCUT2D eigenvalue weighted by Crippen LogP contribution is -2.43. The smallest absolute Gasteiger partial charge is 0.247 e. The second-order valence-electron chi connectivity index (χ2n) is 10.8. The number of amides is 2. The first-order valence-electron chi connectivity index (χ1n) is 14.7. The van der Waals surface area contributed by atoms with Crippen molar-refractivity contribution in [3.05, 3.63) is 131 Å². The number of aromatic nitrogens is 1. The van der Waals surface area contributed by atoms with Crippen molar-refractivity contribution >= 4 is 21.8 Å². The minimum Gasteiger partial charge on any atom is -0.350 e. The van der Waals surface area contributed by atoms with Crippen LogP contribution in [0, 0.1) is 5.82 Å². The SMILES string of the molecule is O=C(NCc1ccncc1)C(c1ccccc1)N(Cc1ccc(F)cc1)C(=O)CCc1ccc(S(=O)(=O)N2CCCC2)cc1. The summed E-state index contributed by atoms with van der Waals surface area (Å²) in [5.74, 6) is -1.01. The maximum absolute atomic E-state index is 13.9. The van der Waals surface area contributed by atoms with E-state index in [0.29, 0.717) is 30.6 Å². The van der Waals surface area contributed by atoms with E-state index in [1.807, 2.05) is 18.2 Å². The number of carbonyl (C=O) groups excluding carboxylic acids is 2. The monoisotopic (exact) mass is 614 g/mol. The minimum atomic E-state index is -3.53. The van der Waals surface area contributed by atoms with Crippen molar-refractivity contribution in [2.75, 3.05) is 13.1 Å². The molecule has 0 radical (unpaired) electrons. The van der Waals surface area contributed by atoms with Crippen molar-refractivity contribution in [2.24, 2.45) is 0 Å². The molecule has 1 aliphatic rings. The van der Waals surface area contributed by atoms with Crippen molar-refractivity contribution in [1.29, 1.82) is 0 Å². The standard InChI is InChI=1S/C34H35FN4O4S/c35-30-13-8-28(9-14-30)25-39(33(29-6-2-1-3-7-29)34(41)37-24-27-18-20-36-21-19-27)32(40)17-12-26-10-15-31(16-11-26)44(42,43)38-22-4-5-23-38/h1-3,6-11,13-16,18-21,33H,4-5,12,17,22-25H2,(H,37,41). The Morgan fingerprint density at radius 3 is 2.14 bits per heavy atom. The van der Waals surface area contributed by atoms with Gasteiger partial charge in [-0.2, -0.15) is 4.31 Å². The van der Waals surface area contributed by atoms with Crippen LogP contribution in [0.1, 0.15) is 47.6 Å². The van der Waals surface area contributed by atoms with Gasteiger partial charge in [-0.15, -0.1) is 0 Å². The Bertz CT molecular complexity index is 1650. The van der Waals surface area contributed by atoms with Crippen LogP contribution in [0.4, 0.5) is 4.39 Å². The van der Waals surface area contributed by atoms with Gasteiger partial charge in [-0.1, -0.05) is 54.6 Å². The lowest BCUT2D eigenvalue weighted by atomic mass is 10.0. The average Bonchev–Trinajstić information content (AvgIpc) is 3.61. The van der Waals surface area contributed by atoms with Gasteiger partial charge in [0.05, 0.1) is 4.90 Å². The van der Waals surface area contributed by atoms with Crippen molar-refractivity contribution in [1.82, 2.24) is 19.5 Å². The summed E-state index contributed by atoms with van der Waals surface area (Å²) in [6.07, 6.45) is 5.45. The lowest BCUT2D eigenvalue weighted by molar-refractivity contribution is -0.141. The molecule has 1 N–H and O–H groups in total. The van der Waals surface area contributed by atoms with Gasteiger partial charge in [0.15, 0.2) is 0 Å². The quantitative estimate of drug-likeness (QED) is 0.242. The molecule has 1 unspecified atom stereocenters. The molecule has 44 heavy (non-hydrogen) atoms. The number of carbonyl (C=O) groups is 2. The third kappa shape index (κ3) is 7.75. The highest BCUT2D eigenvalue weighted by atomic mass is 32.2. The van der Waals surface area contributed by atoms with Crippen LogP contribution in [0.3, 0.4) is 0 Å². The molecule has 1 fully saturated rings. The summed E-state index contributed by atoms with van der Waals surface area (Å²) in [7, 11) is -3.53. The molecular weight excluding hydrogens is 579 g/mol. The molecular formula is C34H35FN4O4S. The van der Waals surface area contributed by atoms with Crippen molar-refractivity contribution < 1.29 is 22.4 Å². The zero-order valence-corrected chi connectivity index (χ0v) is 25.1. The normalized spacial score (nSPS) is 14.2. The van der Waals surface area contributed by atoms with Crippen LogP contribution in [-0.4, -0.2) is 47.5 Å². The Balaban J connectivity index is 1.37. The van der Waals surface area contributed by atoms with Crippen LogP contribution in [0.5, 0.6) is 0 Å². The van der Waals surface area contributed by atoms with E-state index in [1.54, 1.807) is 73.1 Å². The van der Waals surface area contributed by atoms with E-state index in [2.05, 4.69) is 10.3 Å². The van der Waals surface area contributed by atoms with Crippen LogP contribution in [0.25, 0.3) is 0 Å². The van der Waals surface area contributed by atoms with Gasteiger partial charge >= 0.3 is 0 Å². The van der Waals surface area contributed by atoms with Crippen LogP contribution in [0.15, 0.2) is 108 Å². The zero-order valence-electron chi connectivity index (χ0n) is 24.3. The molecule has 0 bridgehead atoms. The van der Waals surface area contributed by atoms with Gasteiger partial charge in [-0.25, -0.2) is 12.8 Å². The van der Waals surface area contributed by atoms with Gasteiger partial charge in [0.1, 0.15) is 11.9 Å². The Morgan fingerprint density at radius 1 is 0.841 bits per heavy atom. The predicted molar refractivity (Wildman–Crippen MR) is 165 cm³/mol. The molecule has 4 aromatic rings. The molecule has 5 rings (SSSR count). The Hall–Kier alpha value is -4.41. The van der Waals surface area contributed by atoms with Crippen molar-refractivity contribution in [3.63, 3.8) is 0 Å². The summed E-state index contributed by atoms with van der Waals surface area (Å²) in [4.78, 5) is 33.5. The molecule has 0 spiro atoms. The fourth-order valence-electron chi connectivity index (χ4n) is 5.31.